The molecule has 1 aliphatic carbocycles. The molecule has 3 heterocycles. The molecule has 0 unspecified atom stereocenters. The van der Waals surface area contributed by atoms with Crippen LogP contribution in [0.2, 0.25) is 0 Å². The number of nitrogens with one attached hydrogen (secondary N) is 1. The Kier molecular flexibility index (Phi) is 3.86. The van der Waals surface area contributed by atoms with Gasteiger partial charge in [-0.2, -0.15) is 0 Å². The molecule has 0 atom stereocenters. The molecular formula is C18H14N4O2S2. The summed E-state index contributed by atoms with van der Waals surface area (Å²) in [5.74, 6) is 1.59. The fraction of sp³-hybridized carbons (Fsp3) is 0.222. The lowest BCUT2D eigenvalue weighted by atomic mass is 10.2. The molecule has 1 aromatic carbocycles. The van der Waals surface area contributed by atoms with Crippen molar-refractivity contribution in [3.63, 3.8) is 0 Å². The van der Waals surface area contributed by atoms with E-state index in [1.54, 1.807) is 11.3 Å². The van der Waals surface area contributed by atoms with E-state index in [0.29, 0.717) is 22.7 Å². The van der Waals surface area contributed by atoms with E-state index in [2.05, 4.69) is 20.2 Å². The van der Waals surface area contributed by atoms with Crippen molar-refractivity contribution in [3.05, 3.63) is 57.0 Å². The molecule has 4 aromatic rings. The number of nitrogens with zero attached hydrogens (tertiary/aromatic N) is 3. The van der Waals surface area contributed by atoms with Gasteiger partial charge in [-0.3, -0.25) is 4.79 Å². The van der Waals surface area contributed by atoms with E-state index in [9.17, 15) is 4.79 Å². The Hall–Kier alpha value is -2.45. The lowest BCUT2D eigenvalue weighted by Gasteiger charge is -1.99. The first-order valence-corrected chi connectivity index (χ1v) is 10.1. The van der Waals surface area contributed by atoms with Crippen molar-refractivity contribution in [2.75, 3.05) is 0 Å². The molecule has 0 aliphatic heterocycles. The smallest absolute Gasteiger partial charge is 0.277 e. The molecule has 0 bridgehead atoms. The van der Waals surface area contributed by atoms with Crippen LogP contribution in [0.3, 0.4) is 0 Å². The second-order valence-electron chi connectivity index (χ2n) is 6.08. The summed E-state index contributed by atoms with van der Waals surface area (Å²) < 4.78 is 5.68. The monoisotopic (exact) mass is 382 g/mol. The fourth-order valence-electron chi connectivity index (χ4n) is 3.21. The van der Waals surface area contributed by atoms with E-state index in [1.807, 2.05) is 30.3 Å². The number of benzene rings is 1. The predicted octanol–water partition coefficient (Wildman–Crippen LogP) is 3.82. The van der Waals surface area contributed by atoms with E-state index in [1.165, 1.54) is 22.2 Å². The molecule has 0 amide bonds. The number of aromatic nitrogens is 4. The summed E-state index contributed by atoms with van der Waals surface area (Å²) >= 11 is 3.01. The van der Waals surface area contributed by atoms with Crippen molar-refractivity contribution in [2.45, 2.75) is 30.2 Å². The predicted molar refractivity (Wildman–Crippen MR) is 102 cm³/mol. The molecule has 5 rings (SSSR count). The number of aromatic amines is 1. The van der Waals surface area contributed by atoms with Gasteiger partial charge in [0.05, 0.1) is 11.1 Å². The summed E-state index contributed by atoms with van der Waals surface area (Å²) in [5, 5.41) is 9.37. The Morgan fingerprint density at radius 1 is 1.19 bits per heavy atom. The minimum absolute atomic E-state index is 0.0412. The van der Waals surface area contributed by atoms with Crippen molar-refractivity contribution in [2.24, 2.45) is 0 Å². The third-order valence-corrected chi connectivity index (χ3v) is 6.40. The van der Waals surface area contributed by atoms with E-state index in [0.717, 1.165) is 35.0 Å². The van der Waals surface area contributed by atoms with E-state index >= 15 is 0 Å². The molecule has 3 aromatic heterocycles. The van der Waals surface area contributed by atoms with Gasteiger partial charge in [0.2, 0.25) is 5.89 Å². The molecule has 26 heavy (non-hydrogen) atoms. The van der Waals surface area contributed by atoms with Crippen LogP contribution in [0.15, 0.2) is 44.8 Å². The molecule has 8 heteroatoms. The number of H-pyrrole nitrogens is 1. The molecule has 0 fully saturated rings. The van der Waals surface area contributed by atoms with Crippen molar-refractivity contribution in [3.8, 4) is 11.5 Å². The van der Waals surface area contributed by atoms with Gasteiger partial charge < -0.3 is 9.40 Å². The van der Waals surface area contributed by atoms with Crippen molar-refractivity contribution < 1.29 is 4.42 Å². The summed E-state index contributed by atoms with van der Waals surface area (Å²) in [6.07, 6.45) is 3.18. The van der Waals surface area contributed by atoms with Crippen molar-refractivity contribution in [1.82, 2.24) is 20.2 Å². The molecule has 6 nitrogen and oxygen atoms in total. The molecule has 0 radical (unpaired) electrons. The van der Waals surface area contributed by atoms with Gasteiger partial charge in [-0.25, -0.2) is 4.98 Å². The third-order valence-electron chi connectivity index (χ3n) is 4.38. The quantitative estimate of drug-likeness (QED) is 0.540. The normalized spacial score (nSPS) is 13.4. The van der Waals surface area contributed by atoms with E-state index < -0.39 is 0 Å². The average molecular weight is 382 g/mol. The SMILES string of the molecule is O=c1[nH]c(CSc2nnc(-c3ccccc3)o2)nc2sc3c(c12)CCC3. The summed E-state index contributed by atoms with van der Waals surface area (Å²) in [6.45, 7) is 0. The summed E-state index contributed by atoms with van der Waals surface area (Å²) in [4.78, 5) is 22.2. The van der Waals surface area contributed by atoms with Crippen LogP contribution in [0.5, 0.6) is 0 Å². The van der Waals surface area contributed by atoms with Crippen molar-refractivity contribution >= 4 is 33.3 Å². The van der Waals surface area contributed by atoms with Crippen LogP contribution in [0.25, 0.3) is 21.7 Å². The standard InChI is InChI=1S/C18H14N4O2S2/c23-15-14-11-7-4-8-12(11)26-17(14)20-13(19-15)9-25-18-22-21-16(24-18)10-5-2-1-3-6-10/h1-3,5-6H,4,7-9H2,(H,19,20,23). The minimum Gasteiger partial charge on any atom is -0.411 e. The number of fused-ring (bicyclic) bond motifs is 3. The van der Waals surface area contributed by atoms with Gasteiger partial charge in [0.25, 0.3) is 10.8 Å². The number of thioether (sulfide) groups is 1. The highest BCUT2D eigenvalue weighted by molar-refractivity contribution is 7.98. The highest BCUT2D eigenvalue weighted by atomic mass is 32.2. The fourth-order valence-corrected chi connectivity index (χ4v) is 5.13. The molecule has 1 aliphatic rings. The first-order chi connectivity index (χ1) is 12.8. The molecule has 0 spiro atoms. The third kappa shape index (κ3) is 2.75. The summed E-state index contributed by atoms with van der Waals surface area (Å²) in [7, 11) is 0. The highest BCUT2D eigenvalue weighted by Crippen LogP contribution is 2.34. The Morgan fingerprint density at radius 2 is 2.08 bits per heavy atom. The average Bonchev–Trinajstić information content (AvgIpc) is 3.36. The Bertz CT molecular complexity index is 1150. The number of hydrogen-bond donors (Lipinski definition) is 1. The van der Waals surface area contributed by atoms with Crippen LogP contribution in [-0.2, 0) is 18.6 Å². The van der Waals surface area contributed by atoms with E-state index in [4.69, 9.17) is 4.42 Å². The number of rotatable bonds is 4. The number of aryl methyl sites for hydroxylation is 2. The second-order valence-corrected chi connectivity index (χ2v) is 8.09. The number of thiophene rings is 1. The maximum atomic E-state index is 12.5. The molecule has 0 saturated carbocycles. The van der Waals surface area contributed by atoms with Crippen LogP contribution >= 0.6 is 23.1 Å². The lowest BCUT2D eigenvalue weighted by Crippen LogP contribution is -2.11. The van der Waals surface area contributed by atoms with Gasteiger partial charge in [0, 0.05) is 10.4 Å². The zero-order valence-corrected chi connectivity index (χ0v) is 15.3. The highest BCUT2D eigenvalue weighted by Gasteiger charge is 2.21. The topological polar surface area (TPSA) is 84.7 Å². The first-order valence-electron chi connectivity index (χ1n) is 8.33. The van der Waals surface area contributed by atoms with Gasteiger partial charge >= 0.3 is 0 Å². The van der Waals surface area contributed by atoms with Crippen LogP contribution in [0, 0.1) is 0 Å². The zero-order valence-electron chi connectivity index (χ0n) is 13.7. The van der Waals surface area contributed by atoms with Gasteiger partial charge in [-0.1, -0.05) is 30.0 Å². The Balaban J connectivity index is 1.37. The van der Waals surface area contributed by atoms with Gasteiger partial charge in [0.15, 0.2) is 0 Å². The molecular weight excluding hydrogens is 368 g/mol. The summed E-state index contributed by atoms with van der Waals surface area (Å²) in [5.41, 5.74) is 2.04. The molecule has 0 saturated heterocycles. The second kappa shape index (κ2) is 6.37. The molecule has 1 N–H and O–H groups in total. The minimum atomic E-state index is -0.0412. The van der Waals surface area contributed by atoms with Gasteiger partial charge in [-0.05, 0) is 37.0 Å². The Labute approximate surface area is 156 Å². The maximum Gasteiger partial charge on any atom is 0.277 e. The molecule has 130 valence electrons. The summed E-state index contributed by atoms with van der Waals surface area (Å²) in [6, 6.07) is 9.63. The lowest BCUT2D eigenvalue weighted by molar-refractivity contribution is 0.465. The van der Waals surface area contributed by atoms with Gasteiger partial charge in [0.1, 0.15) is 10.7 Å². The van der Waals surface area contributed by atoms with Crippen molar-refractivity contribution in [1.29, 1.82) is 0 Å². The van der Waals surface area contributed by atoms with E-state index in [-0.39, 0.29) is 5.56 Å². The maximum absolute atomic E-state index is 12.5. The van der Waals surface area contributed by atoms with Crippen LogP contribution in [0.4, 0.5) is 0 Å². The Morgan fingerprint density at radius 3 is 2.96 bits per heavy atom. The zero-order chi connectivity index (χ0) is 17.5. The van der Waals surface area contributed by atoms with Crippen LogP contribution < -0.4 is 5.56 Å². The largest absolute Gasteiger partial charge is 0.411 e. The first kappa shape index (κ1) is 15.8. The number of hydrogen-bond acceptors (Lipinski definition) is 7. The van der Waals surface area contributed by atoms with Crippen LogP contribution in [-0.4, -0.2) is 20.2 Å². The van der Waals surface area contributed by atoms with Crippen LogP contribution in [0.1, 0.15) is 22.7 Å². The van der Waals surface area contributed by atoms with Gasteiger partial charge in [-0.15, -0.1) is 21.5 Å².